The highest BCUT2D eigenvalue weighted by atomic mass is 16.5. The molecule has 1 saturated carbocycles. The van der Waals surface area contributed by atoms with Crippen molar-refractivity contribution >= 4 is 11.8 Å². The molecular weight excluding hydrogens is 242 g/mol. The lowest BCUT2D eigenvalue weighted by Crippen LogP contribution is -2.26. The van der Waals surface area contributed by atoms with E-state index in [1.807, 2.05) is 0 Å². The van der Waals surface area contributed by atoms with Crippen molar-refractivity contribution < 1.29 is 9.53 Å². The van der Waals surface area contributed by atoms with Crippen LogP contribution in [-0.2, 0) is 4.74 Å². The third kappa shape index (κ3) is 3.22. The lowest BCUT2D eigenvalue weighted by Gasteiger charge is -2.27. The Morgan fingerprint density at radius 2 is 2.11 bits per heavy atom. The number of esters is 1. The Kier molecular flexibility index (Phi) is 4.35. The number of hydrogen-bond acceptors (Lipinski definition) is 5. The van der Waals surface area contributed by atoms with E-state index in [2.05, 4.69) is 27.2 Å². The number of aromatic nitrogens is 2. The summed E-state index contributed by atoms with van der Waals surface area (Å²) in [6.07, 6.45) is 6.40. The zero-order valence-corrected chi connectivity index (χ0v) is 11.6. The van der Waals surface area contributed by atoms with E-state index in [9.17, 15) is 4.79 Å². The predicted molar refractivity (Wildman–Crippen MR) is 73.1 cm³/mol. The summed E-state index contributed by atoms with van der Waals surface area (Å²) in [6.45, 7) is 3.18. The van der Waals surface area contributed by atoms with Crippen molar-refractivity contribution in [2.24, 2.45) is 5.41 Å². The van der Waals surface area contributed by atoms with Gasteiger partial charge in [0.25, 0.3) is 0 Å². The van der Waals surface area contributed by atoms with E-state index in [0.717, 1.165) is 6.54 Å². The average molecular weight is 263 g/mol. The van der Waals surface area contributed by atoms with Gasteiger partial charge in [-0.15, -0.1) is 10.2 Å². The van der Waals surface area contributed by atoms with E-state index < -0.39 is 5.97 Å². The number of nitrogens with one attached hydrogen (secondary N) is 1. The van der Waals surface area contributed by atoms with Gasteiger partial charge >= 0.3 is 5.97 Å². The van der Waals surface area contributed by atoms with E-state index in [1.54, 1.807) is 12.1 Å². The highest BCUT2D eigenvalue weighted by molar-refractivity contribution is 5.86. The standard InChI is InChI=1S/C14H21N3O2/c1-3-14(8-4-5-9-14)10-15-12-7-6-11(16-17-12)13(18)19-2/h6-7H,3-5,8-10H2,1-2H3,(H,15,17). The van der Waals surface area contributed by atoms with Crippen molar-refractivity contribution in [3.8, 4) is 0 Å². The van der Waals surface area contributed by atoms with Gasteiger partial charge in [0.2, 0.25) is 0 Å². The quantitative estimate of drug-likeness (QED) is 0.827. The fraction of sp³-hybridized carbons (Fsp3) is 0.643. The molecular formula is C14H21N3O2. The minimum Gasteiger partial charge on any atom is -0.464 e. The largest absolute Gasteiger partial charge is 0.464 e. The molecule has 0 radical (unpaired) electrons. The Hall–Kier alpha value is -1.65. The van der Waals surface area contributed by atoms with Gasteiger partial charge in [-0.1, -0.05) is 19.8 Å². The van der Waals surface area contributed by atoms with Gasteiger partial charge in [0.05, 0.1) is 7.11 Å². The smallest absolute Gasteiger partial charge is 0.358 e. The number of anilines is 1. The Bertz CT molecular complexity index is 425. The molecule has 0 bridgehead atoms. The van der Waals surface area contributed by atoms with Crippen molar-refractivity contribution in [2.75, 3.05) is 19.0 Å². The molecule has 0 aliphatic heterocycles. The SMILES string of the molecule is CCC1(CNc2ccc(C(=O)OC)nn2)CCCC1. The number of hydrogen-bond donors (Lipinski definition) is 1. The first-order valence-corrected chi connectivity index (χ1v) is 6.85. The van der Waals surface area contributed by atoms with E-state index in [0.29, 0.717) is 11.2 Å². The van der Waals surface area contributed by atoms with Crippen molar-refractivity contribution in [3.63, 3.8) is 0 Å². The van der Waals surface area contributed by atoms with Gasteiger partial charge in [0.1, 0.15) is 5.82 Å². The molecule has 5 heteroatoms. The van der Waals surface area contributed by atoms with Crippen LogP contribution in [0.25, 0.3) is 0 Å². The second kappa shape index (κ2) is 5.99. The van der Waals surface area contributed by atoms with Crippen LogP contribution in [0.5, 0.6) is 0 Å². The number of methoxy groups -OCH3 is 1. The van der Waals surface area contributed by atoms with Gasteiger partial charge in [-0.2, -0.15) is 0 Å². The second-order valence-electron chi connectivity index (χ2n) is 5.21. The fourth-order valence-corrected chi connectivity index (χ4v) is 2.70. The van der Waals surface area contributed by atoms with Crippen LogP contribution in [0.1, 0.15) is 49.5 Å². The summed E-state index contributed by atoms with van der Waals surface area (Å²) < 4.78 is 4.59. The summed E-state index contributed by atoms with van der Waals surface area (Å²) in [5.41, 5.74) is 0.641. The molecule has 1 aromatic heterocycles. The lowest BCUT2D eigenvalue weighted by atomic mass is 9.83. The van der Waals surface area contributed by atoms with Gasteiger partial charge in [-0.05, 0) is 36.8 Å². The molecule has 5 nitrogen and oxygen atoms in total. The van der Waals surface area contributed by atoms with Crippen molar-refractivity contribution in [3.05, 3.63) is 17.8 Å². The highest BCUT2D eigenvalue weighted by Crippen LogP contribution is 2.40. The molecule has 0 saturated heterocycles. The van der Waals surface area contributed by atoms with Gasteiger partial charge in [0.15, 0.2) is 5.69 Å². The molecule has 0 unspecified atom stereocenters. The summed E-state index contributed by atoms with van der Waals surface area (Å²) in [6, 6.07) is 3.41. The summed E-state index contributed by atoms with van der Waals surface area (Å²) in [5.74, 6) is 0.257. The molecule has 0 atom stereocenters. The molecule has 1 aromatic rings. The van der Waals surface area contributed by atoms with Crippen molar-refractivity contribution in [1.29, 1.82) is 0 Å². The molecule has 19 heavy (non-hydrogen) atoms. The number of rotatable bonds is 5. The maximum absolute atomic E-state index is 11.2. The zero-order chi connectivity index (χ0) is 13.7. The van der Waals surface area contributed by atoms with E-state index in [1.165, 1.54) is 39.2 Å². The zero-order valence-electron chi connectivity index (χ0n) is 11.6. The summed E-state index contributed by atoms with van der Waals surface area (Å²) in [4.78, 5) is 11.2. The van der Waals surface area contributed by atoms with Gasteiger partial charge in [0, 0.05) is 6.54 Å². The van der Waals surface area contributed by atoms with Crippen LogP contribution < -0.4 is 5.32 Å². The Morgan fingerprint density at radius 1 is 1.37 bits per heavy atom. The lowest BCUT2D eigenvalue weighted by molar-refractivity contribution is 0.0593. The number of ether oxygens (including phenoxy) is 1. The molecule has 1 aliphatic rings. The second-order valence-corrected chi connectivity index (χ2v) is 5.21. The Morgan fingerprint density at radius 3 is 2.63 bits per heavy atom. The third-order valence-electron chi connectivity index (χ3n) is 4.12. The normalized spacial score (nSPS) is 17.2. The third-order valence-corrected chi connectivity index (χ3v) is 4.12. The minimum absolute atomic E-state index is 0.235. The molecule has 1 heterocycles. The first-order chi connectivity index (χ1) is 9.19. The van der Waals surface area contributed by atoms with Crippen LogP contribution in [0, 0.1) is 5.41 Å². The molecule has 1 N–H and O–H groups in total. The van der Waals surface area contributed by atoms with Crippen LogP contribution in [0.2, 0.25) is 0 Å². The number of nitrogens with zero attached hydrogens (tertiary/aromatic N) is 2. The molecule has 1 fully saturated rings. The van der Waals surface area contributed by atoms with Crippen LogP contribution in [-0.4, -0.2) is 29.8 Å². The molecule has 2 rings (SSSR count). The van der Waals surface area contributed by atoms with Gasteiger partial charge in [-0.25, -0.2) is 4.79 Å². The first-order valence-electron chi connectivity index (χ1n) is 6.85. The van der Waals surface area contributed by atoms with Crippen LogP contribution in [0.15, 0.2) is 12.1 Å². The van der Waals surface area contributed by atoms with Gasteiger partial charge < -0.3 is 10.1 Å². The summed E-state index contributed by atoms with van der Waals surface area (Å²) in [5, 5.41) is 11.2. The molecule has 0 amide bonds. The van der Waals surface area contributed by atoms with Crippen molar-refractivity contribution in [1.82, 2.24) is 10.2 Å². The van der Waals surface area contributed by atoms with Crippen LogP contribution in [0.3, 0.4) is 0 Å². The van der Waals surface area contributed by atoms with Crippen LogP contribution >= 0.6 is 0 Å². The number of carbonyl (C=O) groups excluding carboxylic acids is 1. The summed E-state index contributed by atoms with van der Waals surface area (Å²) >= 11 is 0. The minimum atomic E-state index is -0.458. The van der Waals surface area contributed by atoms with Crippen molar-refractivity contribution in [2.45, 2.75) is 39.0 Å². The predicted octanol–water partition coefficient (Wildman–Crippen LogP) is 2.65. The maximum atomic E-state index is 11.2. The summed E-state index contributed by atoms with van der Waals surface area (Å²) in [7, 11) is 1.33. The molecule has 1 aliphatic carbocycles. The topological polar surface area (TPSA) is 64.1 Å². The first kappa shape index (κ1) is 13.8. The van der Waals surface area contributed by atoms with E-state index in [-0.39, 0.29) is 5.69 Å². The number of carbonyl (C=O) groups is 1. The molecule has 104 valence electrons. The highest BCUT2D eigenvalue weighted by Gasteiger charge is 2.31. The Labute approximate surface area is 113 Å². The van der Waals surface area contributed by atoms with Crippen LogP contribution in [0.4, 0.5) is 5.82 Å². The molecule has 0 aromatic carbocycles. The Balaban J connectivity index is 1.94. The fourth-order valence-electron chi connectivity index (χ4n) is 2.70. The maximum Gasteiger partial charge on any atom is 0.358 e. The average Bonchev–Trinajstić information content (AvgIpc) is 2.94. The monoisotopic (exact) mass is 263 g/mol. The van der Waals surface area contributed by atoms with E-state index in [4.69, 9.17) is 0 Å². The van der Waals surface area contributed by atoms with Gasteiger partial charge in [-0.3, -0.25) is 0 Å². The van der Waals surface area contributed by atoms with E-state index >= 15 is 0 Å². The molecule has 0 spiro atoms.